The van der Waals surface area contributed by atoms with Crippen molar-refractivity contribution in [1.29, 1.82) is 0 Å². The Morgan fingerprint density at radius 3 is 2.95 bits per heavy atom. The zero-order valence-corrected chi connectivity index (χ0v) is 11.6. The summed E-state index contributed by atoms with van der Waals surface area (Å²) in [5.74, 6) is 3.07. The van der Waals surface area contributed by atoms with Gasteiger partial charge < -0.3 is 9.64 Å². The van der Waals surface area contributed by atoms with Gasteiger partial charge in [-0.25, -0.2) is 4.79 Å². The van der Waals surface area contributed by atoms with Gasteiger partial charge in [-0.1, -0.05) is 18.1 Å². The maximum Gasteiger partial charge on any atom is 0.414 e. The zero-order chi connectivity index (χ0) is 14.3. The Balaban J connectivity index is 2.72. The third kappa shape index (κ3) is 4.65. The minimum atomic E-state index is -0.358. The van der Waals surface area contributed by atoms with E-state index in [-0.39, 0.29) is 12.1 Å². The molecule has 0 aliphatic rings. The molecule has 1 amide bonds. The molecule has 0 aliphatic carbocycles. The van der Waals surface area contributed by atoms with E-state index in [1.165, 1.54) is 4.90 Å². The van der Waals surface area contributed by atoms with Gasteiger partial charge in [0, 0.05) is 19.6 Å². The highest BCUT2D eigenvalue weighted by Gasteiger charge is 2.10. The predicted molar refractivity (Wildman–Crippen MR) is 76.0 cm³/mol. The van der Waals surface area contributed by atoms with Gasteiger partial charge in [0.05, 0.1) is 6.54 Å². The highest BCUT2D eigenvalue weighted by Crippen LogP contribution is 2.19. The number of carbonyl (C=O) groups is 1. The quantitative estimate of drug-likeness (QED) is 0.827. The number of ether oxygens (including phenoxy) is 1. The molecule has 0 fully saturated rings. The molecule has 1 aromatic rings. The van der Waals surface area contributed by atoms with E-state index in [9.17, 15) is 4.79 Å². The van der Waals surface area contributed by atoms with Crippen LogP contribution in [-0.4, -0.2) is 31.1 Å². The van der Waals surface area contributed by atoms with Crippen molar-refractivity contribution in [3.05, 3.63) is 29.8 Å². The fourth-order valence-corrected chi connectivity index (χ4v) is 1.49. The molecule has 1 rings (SSSR count). The molecular weight excluding hydrogens is 240 g/mol. The zero-order valence-electron chi connectivity index (χ0n) is 11.6. The molecule has 4 heteroatoms. The minimum absolute atomic E-state index is 0.110. The molecule has 0 radical (unpaired) electrons. The first-order chi connectivity index (χ1) is 9.08. The molecule has 0 bridgehead atoms. The van der Waals surface area contributed by atoms with Crippen molar-refractivity contribution in [3.63, 3.8) is 0 Å². The number of rotatable bonds is 5. The van der Waals surface area contributed by atoms with Crippen LogP contribution in [0.1, 0.15) is 25.5 Å². The van der Waals surface area contributed by atoms with Crippen molar-refractivity contribution >= 4 is 6.09 Å². The van der Waals surface area contributed by atoms with E-state index in [2.05, 4.69) is 11.2 Å². The standard InChI is InChI=1S/C15H20N2O2/c1-5-10-16-12(3)13-8-7-9-14(11-13)19-15(18)17(4)6-2/h1,7-9,11-12,16H,6,10H2,2-4H3/t12-/m0/s1. The van der Waals surface area contributed by atoms with Crippen LogP contribution in [0.15, 0.2) is 24.3 Å². The van der Waals surface area contributed by atoms with Crippen LogP contribution in [0, 0.1) is 12.3 Å². The molecule has 1 N–H and O–H groups in total. The third-order valence-corrected chi connectivity index (χ3v) is 2.86. The number of hydrogen-bond donors (Lipinski definition) is 1. The van der Waals surface area contributed by atoms with Crippen molar-refractivity contribution in [2.24, 2.45) is 0 Å². The Morgan fingerprint density at radius 2 is 2.32 bits per heavy atom. The van der Waals surface area contributed by atoms with Crippen molar-refractivity contribution in [3.8, 4) is 18.1 Å². The molecule has 0 spiro atoms. The Hall–Kier alpha value is -1.99. The number of nitrogens with one attached hydrogen (secondary N) is 1. The molecule has 0 unspecified atom stereocenters. The fourth-order valence-electron chi connectivity index (χ4n) is 1.49. The van der Waals surface area contributed by atoms with Gasteiger partial charge in [0.2, 0.25) is 0 Å². The molecule has 4 nitrogen and oxygen atoms in total. The summed E-state index contributed by atoms with van der Waals surface area (Å²) >= 11 is 0. The lowest BCUT2D eigenvalue weighted by atomic mass is 10.1. The van der Waals surface area contributed by atoms with E-state index < -0.39 is 0 Å². The second-order valence-corrected chi connectivity index (χ2v) is 4.26. The van der Waals surface area contributed by atoms with Crippen molar-refractivity contribution in [2.75, 3.05) is 20.1 Å². The van der Waals surface area contributed by atoms with Crippen LogP contribution in [0.5, 0.6) is 5.75 Å². The lowest BCUT2D eigenvalue weighted by Gasteiger charge is -2.16. The van der Waals surface area contributed by atoms with E-state index in [0.29, 0.717) is 18.8 Å². The van der Waals surface area contributed by atoms with E-state index in [4.69, 9.17) is 11.2 Å². The van der Waals surface area contributed by atoms with Crippen LogP contribution in [0.25, 0.3) is 0 Å². The molecule has 19 heavy (non-hydrogen) atoms. The van der Waals surface area contributed by atoms with Gasteiger partial charge in [0.15, 0.2) is 0 Å². The van der Waals surface area contributed by atoms with Gasteiger partial charge in [0.1, 0.15) is 5.75 Å². The molecule has 1 atom stereocenters. The first kappa shape index (κ1) is 15.1. The van der Waals surface area contributed by atoms with Crippen molar-refractivity contribution in [1.82, 2.24) is 10.2 Å². The average molecular weight is 260 g/mol. The second kappa shape index (κ2) is 7.45. The summed E-state index contributed by atoms with van der Waals surface area (Å²) in [6.45, 7) is 5.02. The lowest BCUT2D eigenvalue weighted by Crippen LogP contribution is -2.29. The Kier molecular flexibility index (Phi) is 5.91. The van der Waals surface area contributed by atoms with Gasteiger partial charge in [-0.3, -0.25) is 5.32 Å². The van der Waals surface area contributed by atoms with Crippen LogP contribution >= 0.6 is 0 Å². The van der Waals surface area contributed by atoms with Crippen LogP contribution in [0.4, 0.5) is 4.79 Å². The maximum absolute atomic E-state index is 11.7. The molecule has 0 aliphatic heterocycles. The average Bonchev–Trinajstić information content (AvgIpc) is 2.43. The SMILES string of the molecule is C#CCN[C@@H](C)c1cccc(OC(=O)N(C)CC)c1. The molecule has 0 saturated heterocycles. The minimum Gasteiger partial charge on any atom is -0.410 e. The summed E-state index contributed by atoms with van der Waals surface area (Å²) in [5, 5.41) is 3.18. The van der Waals surface area contributed by atoms with E-state index >= 15 is 0 Å². The highest BCUT2D eigenvalue weighted by molar-refractivity contribution is 5.70. The van der Waals surface area contributed by atoms with Gasteiger partial charge in [0.25, 0.3) is 0 Å². The molecule has 0 saturated carbocycles. The normalized spacial score (nSPS) is 11.5. The van der Waals surface area contributed by atoms with E-state index in [1.807, 2.05) is 32.0 Å². The number of hydrogen-bond acceptors (Lipinski definition) is 3. The summed E-state index contributed by atoms with van der Waals surface area (Å²) in [6, 6.07) is 7.54. The number of terminal acetylenes is 1. The number of nitrogens with zero attached hydrogens (tertiary/aromatic N) is 1. The van der Waals surface area contributed by atoms with Gasteiger partial charge in [-0.05, 0) is 31.5 Å². The van der Waals surface area contributed by atoms with E-state index in [0.717, 1.165) is 5.56 Å². The summed E-state index contributed by atoms with van der Waals surface area (Å²) in [4.78, 5) is 13.2. The first-order valence-corrected chi connectivity index (χ1v) is 6.28. The summed E-state index contributed by atoms with van der Waals surface area (Å²) in [5.41, 5.74) is 1.03. The Morgan fingerprint density at radius 1 is 1.58 bits per heavy atom. The predicted octanol–water partition coefficient (Wildman–Crippen LogP) is 2.42. The molecule has 0 heterocycles. The van der Waals surface area contributed by atoms with Crippen LogP contribution in [0.2, 0.25) is 0 Å². The summed E-state index contributed by atoms with van der Waals surface area (Å²) in [6.07, 6.45) is 4.85. The smallest absolute Gasteiger partial charge is 0.410 e. The Bertz CT molecular complexity index is 465. The van der Waals surface area contributed by atoms with Crippen molar-refractivity contribution < 1.29 is 9.53 Å². The van der Waals surface area contributed by atoms with Gasteiger partial charge in [-0.15, -0.1) is 6.42 Å². The fraction of sp³-hybridized carbons (Fsp3) is 0.400. The molecular formula is C15H20N2O2. The highest BCUT2D eigenvalue weighted by atomic mass is 16.6. The van der Waals surface area contributed by atoms with Crippen LogP contribution in [0.3, 0.4) is 0 Å². The van der Waals surface area contributed by atoms with Gasteiger partial charge in [-0.2, -0.15) is 0 Å². The van der Waals surface area contributed by atoms with Crippen LogP contribution < -0.4 is 10.1 Å². The topological polar surface area (TPSA) is 41.6 Å². The number of benzene rings is 1. The van der Waals surface area contributed by atoms with Crippen LogP contribution in [-0.2, 0) is 0 Å². The van der Waals surface area contributed by atoms with Gasteiger partial charge >= 0.3 is 6.09 Å². The molecule has 1 aromatic carbocycles. The maximum atomic E-state index is 11.7. The summed E-state index contributed by atoms with van der Waals surface area (Å²) < 4.78 is 5.28. The lowest BCUT2D eigenvalue weighted by molar-refractivity contribution is 0.165. The number of amides is 1. The first-order valence-electron chi connectivity index (χ1n) is 6.28. The monoisotopic (exact) mass is 260 g/mol. The summed E-state index contributed by atoms with van der Waals surface area (Å²) in [7, 11) is 1.70. The van der Waals surface area contributed by atoms with E-state index in [1.54, 1.807) is 13.1 Å². The second-order valence-electron chi connectivity index (χ2n) is 4.26. The molecule has 0 aromatic heterocycles. The largest absolute Gasteiger partial charge is 0.414 e. The number of carbonyl (C=O) groups excluding carboxylic acids is 1. The van der Waals surface area contributed by atoms with Crippen molar-refractivity contribution in [2.45, 2.75) is 19.9 Å². The third-order valence-electron chi connectivity index (χ3n) is 2.86. The Labute approximate surface area is 114 Å². The molecule has 102 valence electrons.